The maximum atomic E-state index is 14.0. The van der Waals surface area contributed by atoms with E-state index in [1.807, 2.05) is 44.3 Å². The van der Waals surface area contributed by atoms with E-state index < -0.39 is 0 Å². The lowest BCUT2D eigenvalue weighted by Crippen LogP contribution is -2.05. The zero-order valence-corrected chi connectivity index (χ0v) is 11.2. The minimum absolute atomic E-state index is 0.214. The Morgan fingerprint density at radius 1 is 1.16 bits per heavy atom. The standard InChI is InChI=1S/C16H18FNO/c1-3-19-14-6-4-5-13(10-14)15-9-12(11-18-2)7-8-16(15)17/h4-10,18H,3,11H2,1-2H3. The average molecular weight is 259 g/mol. The van der Waals surface area contributed by atoms with Gasteiger partial charge < -0.3 is 10.1 Å². The Balaban J connectivity index is 2.39. The highest BCUT2D eigenvalue weighted by atomic mass is 19.1. The molecule has 0 radical (unpaired) electrons. The Morgan fingerprint density at radius 3 is 2.74 bits per heavy atom. The summed E-state index contributed by atoms with van der Waals surface area (Å²) in [5, 5.41) is 3.07. The molecule has 1 N–H and O–H groups in total. The van der Waals surface area contributed by atoms with Crippen molar-refractivity contribution < 1.29 is 9.13 Å². The van der Waals surface area contributed by atoms with Gasteiger partial charge in [0.05, 0.1) is 6.61 Å². The monoisotopic (exact) mass is 259 g/mol. The maximum absolute atomic E-state index is 14.0. The van der Waals surface area contributed by atoms with Crippen LogP contribution in [-0.4, -0.2) is 13.7 Å². The Hall–Kier alpha value is -1.87. The second-order valence-corrected chi connectivity index (χ2v) is 4.31. The number of nitrogens with one attached hydrogen (secondary N) is 1. The topological polar surface area (TPSA) is 21.3 Å². The third-order valence-electron chi connectivity index (χ3n) is 2.87. The molecule has 0 amide bonds. The fourth-order valence-corrected chi connectivity index (χ4v) is 2.03. The summed E-state index contributed by atoms with van der Waals surface area (Å²) in [7, 11) is 1.87. The third kappa shape index (κ3) is 3.32. The van der Waals surface area contributed by atoms with E-state index in [1.165, 1.54) is 6.07 Å². The van der Waals surface area contributed by atoms with Crippen molar-refractivity contribution in [2.45, 2.75) is 13.5 Å². The first-order valence-corrected chi connectivity index (χ1v) is 6.41. The van der Waals surface area contributed by atoms with Gasteiger partial charge in [-0.3, -0.25) is 0 Å². The Kier molecular flexibility index (Phi) is 4.53. The second kappa shape index (κ2) is 6.34. The Labute approximate surface area is 113 Å². The van der Waals surface area contributed by atoms with Crippen molar-refractivity contribution >= 4 is 0 Å². The van der Waals surface area contributed by atoms with Crippen molar-refractivity contribution in [3.05, 3.63) is 53.8 Å². The van der Waals surface area contributed by atoms with Crippen LogP contribution in [0, 0.1) is 5.82 Å². The van der Waals surface area contributed by atoms with E-state index in [0.717, 1.165) is 23.4 Å². The highest BCUT2D eigenvalue weighted by molar-refractivity contribution is 5.66. The van der Waals surface area contributed by atoms with Gasteiger partial charge in [0.25, 0.3) is 0 Å². The third-order valence-corrected chi connectivity index (χ3v) is 2.87. The van der Waals surface area contributed by atoms with E-state index in [-0.39, 0.29) is 5.82 Å². The molecule has 0 aliphatic rings. The minimum Gasteiger partial charge on any atom is -0.494 e. The van der Waals surface area contributed by atoms with E-state index in [4.69, 9.17) is 4.74 Å². The molecule has 2 aromatic rings. The summed E-state index contributed by atoms with van der Waals surface area (Å²) in [6.45, 7) is 3.25. The summed E-state index contributed by atoms with van der Waals surface area (Å²) in [5.41, 5.74) is 2.50. The maximum Gasteiger partial charge on any atom is 0.131 e. The van der Waals surface area contributed by atoms with Gasteiger partial charge in [0.2, 0.25) is 0 Å². The van der Waals surface area contributed by atoms with Crippen LogP contribution in [0.5, 0.6) is 5.75 Å². The van der Waals surface area contributed by atoms with Crippen molar-refractivity contribution in [1.82, 2.24) is 5.32 Å². The molecule has 19 heavy (non-hydrogen) atoms. The summed E-state index contributed by atoms with van der Waals surface area (Å²) in [5.74, 6) is 0.548. The van der Waals surface area contributed by atoms with Gasteiger partial charge in [-0.15, -0.1) is 0 Å². The van der Waals surface area contributed by atoms with Gasteiger partial charge in [0, 0.05) is 12.1 Å². The van der Waals surface area contributed by atoms with E-state index >= 15 is 0 Å². The number of halogens is 1. The van der Waals surface area contributed by atoms with Crippen molar-refractivity contribution in [3.8, 4) is 16.9 Å². The molecular weight excluding hydrogens is 241 g/mol. The van der Waals surface area contributed by atoms with E-state index in [2.05, 4.69) is 5.32 Å². The molecule has 0 spiro atoms. The molecule has 0 aromatic heterocycles. The van der Waals surface area contributed by atoms with Gasteiger partial charge in [-0.2, -0.15) is 0 Å². The predicted molar refractivity (Wildman–Crippen MR) is 75.8 cm³/mol. The van der Waals surface area contributed by atoms with E-state index in [1.54, 1.807) is 6.07 Å². The molecule has 0 fully saturated rings. The normalized spacial score (nSPS) is 10.5. The number of hydrogen-bond acceptors (Lipinski definition) is 2. The Morgan fingerprint density at radius 2 is 2.00 bits per heavy atom. The first-order valence-electron chi connectivity index (χ1n) is 6.41. The lowest BCUT2D eigenvalue weighted by molar-refractivity contribution is 0.340. The molecule has 0 aliphatic heterocycles. The number of rotatable bonds is 5. The first-order chi connectivity index (χ1) is 9.24. The molecule has 2 aromatic carbocycles. The smallest absolute Gasteiger partial charge is 0.131 e. The van der Waals surface area contributed by atoms with Crippen LogP contribution >= 0.6 is 0 Å². The highest BCUT2D eigenvalue weighted by Gasteiger charge is 2.07. The quantitative estimate of drug-likeness (QED) is 0.885. The summed E-state index contributed by atoms with van der Waals surface area (Å²) >= 11 is 0. The molecule has 0 aliphatic carbocycles. The van der Waals surface area contributed by atoms with Gasteiger partial charge in [0.1, 0.15) is 11.6 Å². The predicted octanol–water partition coefficient (Wildman–Crippen LogP) is 3.61. The zero-order chi connectivity index (χ0) is 13.7. The molecule has 3 heteroatoms. The zero-order valence-electron chi connectivity index (χ0n) is 11.2. The van der Waals surface area contributed by atoms with Gasteiger partial charge in [0.15, 0.2) is 0 Å². The highest BCUT2D eigenvalue weighted by Crippen LogP contribution is 2.27. The molecule has 0 unspecified atom stereocenters. The van der Waals surface area contributed by atoms with Crippen LogP contribution in [0.2, 0.25) is 0 Å². The average Bonchev–Trinajstić information content (AvgIpc) is 2.42. The summed E-state index contributed by atoms with van der Waals surface area (Å²) in [4.78, 5) is 0. The minimum atomic E-state index is -0.214. The Bertz CT molecular complexity index is 554. The van der Waals surface area contributed by atoms with Gasteiger partial charge in [-0.25, -0.2) is 4.39 Å². The van der Waals surface area contributed by atoms with Gasteiger partial charge in [-0.05, 0) is 49.4 Å². The molecule has 0 saturated heterocycles. The molecule has 0 saturated carbocycles. The molecule has 2 nitrogen and oxygen atoms in total. The largest absolute Gasteiger partial charge is 0.494 e. The van der Waals surface area contributed by atoms with Crippen LogP contribution in [0.15, 0.2) is 42.5 Å². The summed E-state index contributed by atoms with van der Waals surface area (Å²) < 4.78 is 19.4. The molecule has 0 atom stereocenters. The first kappa shape index (κ1) is 13.6. The fourth-order valence-electron chi connectivity index (χ4n) is 2.03. The second-order valence-electron chi connectivity index (χ2n) is 4.31. The number of ether oxygens (including phenoxy) is 1. The fraction of sp³-hybridized carbons (Fsp3) is 0.250. The molecule has 2 rings (SSSR count). The molecule has 0 bridgehead atoms. The van der Waals surface area contributed by atoms with Crippen molar-refractivity contribution in [1.29, 1.82) is 0 Å². The van der Waals surface area contributed by atoms with Crippen molar-refractivity contribution in [3.63, 3.8) is 0 Å². The number of benzene rings is 2. The number of hydrogen-bond donors (Lipinski definition) is 1. The summed E-state index contributed by atoms with van der Waals surface area (Å²) in [6, 6.07) is 12.7. The molecule has 100 valence electrons. The SMILES string of the molecule is CCOc1cccc(-c2cc(CNC)ccc2F)c1. The molecular formula is C16H18FNO. The van der Waals surface area contributed by atoms with Crippen LogP contribution in [0.1, 0.15) is 12.5 Å². The molecule has 0 heterocycles. The van der Waals surface area contributed by atoms with Gasteiger partial charge in [-0.1, -0.05) is 18.2 Å². The van der Waals surface area contributed by atoms with E-state index in [0.29, 0.717) is 12.2 Å². The van der Waals surface area contributed by atoms with Crippen LogP contribution in [0.3, 0.4) is 0 Å². The van der Waals surface area contributed by atoms with E-state index in [9.17, 15) is 4.39 Å². The van der Waals surface area contributed by atoms with Crippen LogP contribution < -0.4 is 10.1 Å². The van der Waals surface area contributed by atoms with Crippen molar-refractivity contribution in [2.75, 3.05) is 13.7 Å². The van der Waals surface area contributed by atoms with Crippen LogP contribution in [0.25, 0.3) is 11.1 Å². The lowest BCUT2D eigenvalue weighted by Gasteiger charge is -2.09. The van der Waals surface area contributed by atoms with Crippen LogP contribution in [0.4, 0.5) is 4.39 Å². The van der Waals surface area contributed by atoms with Crippen molar-refractivity contribution in [2.24, 2.45) is 0 Å². The lowest BCUT2D eigenvalue weighted by atomic mass is 10.0. The van der Waals surface area contributed by atoms with Crippen LogP contribution in [-0.2, 0) is 6.54 Å². The summed E-state index contributed by atoms with van der Waals surface area (Å²) in [6.07, 6.45) is 0. The van der Waals surface area contributed by atoms with Gasteiger partial charge >= 0.3 is 0 Å².